The number of carbonyl (C=O) groups excluding carboxylic acids is 1. The summed E-state index contributed by atoms with van der Waals surface area (Å²) in [4.78, 5) is 13.0. The summed E-state index contributed by atoms with van der Waals surface area (Å²) in [6.07, 6.45) is 61.2. The number of nitrogens with one attached hydrogen (secondary N) is 1. The Kier molecular flexibility index (Phi) is 46.1. The van der Waals surface area contributed by atoms with E-state index in [-0.39, 0.29) is 12.5 Å². The van der Waals surface area contributed by atoms with Crippen molar-refractivity contribution in [2.75, 3.05) is 13.2 Å². The molecule has 6 N–H and O–H groups in total. The minimum absolute atomic E-state index is 0.211. The Bertz CT molecular complexity index is 1310. The van der Waals surface area contributed by atoms with E-state index in [1.165, 1.54) is 148 Å². The normalized spacial score (nSPS) is 20.0. The standard InChI is InChI=1S/C60H107NO8/c1-3-5-7-9-11-13-15-17-19-21-22-23-24-25-26-27-28-29-30-31-32-34-35-37-39-41-43-45-47-49-54(63)53(52-68-60-59(67)58(66)57(65)55(51-62)69-60)61-56(64)50-48-46-44-42-40-38-36-33-20-18-16-14-12-10-8-6-4-2/h6,8,12,14,18,20,36,38-39,41,47,49,53-55,57-60,62-63,65-67H,3-5,7,9-11,13,15-17,19,21-35,37,40,42-46,48,50-52H2,1-2H3,(H,61,64)/b8-6-,14-12-,20-18-,38-36-,41-39+,49-47+. The quantitative estimate of drug-likeness (QED) is 0.0261. The van der Waals surface area contributed by atoms with Crippen LogP contribution in [0, 0.1) is 0 Å². The molecule has 0 aromatic heterocycles. The molecule has 0 spiro atoms. The van der Waals surface area contributed by atoms with E-state index in [2.05, 4.69) is 79.9 Å². The van der Waals surface area contributed by atoms with Gasteiger partial charge < -0.3 is 40.3 Å². The molecule has 1 amide bonds. The molecule has 1 aliphatic rings. The lowest BCUT2D eigenvalue weighted by Crippen LogP contribution is -2.60. The second kappa shape index (κ2) is 49.2. The van der Waals surface area contributed by atoms with E-state index in [0.717, 1.165) is 77.0 Å². The first kappa shape index (κ1) is 64.6. The van der Waals surface area contributed by atoms with Gasteiger partial charge in [-0.1, -0.05) is 241 Å². The number of unbranched alkanes of at least 4 members (excludes halogenated alkanes) is 28. The van der Waals surface area contributed by atoms with Crippen LogP contribution < -0.4 is 5.32 Å². The van der Waals surface area contributed by atoms with Gasteiger partial charge in [-0.15, -0.1) is 0 Å². The summed E-state index contributed by atoms with van der Waals surface area (Å²) in [6.45, 7) is 3.64. The molecular formula is C60H107NO8. The number of hydrogen-bond acceptors (Lipinski definition) is 8. The van der Waals surface area contributed by atoms with Gasteiger partial charge in [-0.25, -0.2) is 0 Å². The van der Waals surface area contributed by atoms with Gasteiger partial charge in [0, 0.05) is 6.42 Å². The summed E-state index contributed by atoms with van der Waals surface area (Å²) in [7, 11) is 0. The van der Waals surface area contributed by atoms with Gasteiger partial charge in [-0.2, -0.15) is 0 Å². The Morgan fingerprint density at radius 1 is 0.507 bits per heavy atom. The highest BCUT2D eigenvalue weighted by molar-refractivity contribution is 5.76. The first-order valence-corrected chi connectivity index (χ1v) is 28.7. The second-order valence-electron chi connectivity index (χ2n) is 19.7. The highest BCUT2D eigenvalue weighted by atomic mass is 16.7. The zero-order valence-electron chi connectivity index (χ0n) is 44.3. The summed E-state index contributed by atoms with van der Waals surface area (Å²) in [5, 5.41) is 54.4. The zero-order chi connectivity index (χ0) is 50.1. The molecule has 0 bridgehead atoms. The smallest absolute Gasteiger partial charge is 0.220 e. The van der Waals surface area contributed by atoms with Gasteiger partial charge in [-0.3, -0.25) is 4.79 Å². The third kappa shape index (κ3) is 38.9. The van der Waals surface area contributed by atoms with Gasteiger partial charge in [0.15, 0.2) is 6.29 Å². The molecule has 1 fully saturated rings. The fourth-order valence-electron chi connectivity index (χ4n) is 8.75. The average Bonchev–Trinajstić information content (AvgIpc) is 3.35. The van der Waals surface area contributed by atoms with Gasteiger partial charge in [0.05, 0.1) is 25.4 Å². The number of amides is 1. The van der Waals surface area contributed by atoms with Crippen LogP contribution in [0.1, 0.15) is 245 Å². The van der Waals surface area contributed by atoms with Crippen molar-refractivity contribution in [2.24, 2.45) is 0 Å². The SMILES string of the molecule is CC/C=C\C/C=C\C/C=C\C/C=C\CCCCCCC(=O)NC(COC1OC(CO)C(O)C(O)C1O)C(O)/C=C/CC/C=C/CCCCCCCCCCCCCCCCCCCCCCCCC. The summed E-state index contributed by atoms with van der Waals surface area (Å²) in [5.41, 5.74) is 0. The van der Waals surface area contributed by atoms with E-state index in [1.807, 2.05) is 6.08 Å². The van der Waals surface area contributed by atoms with Crippen LogP contribution in [0.4, 0.5) is 0 Å². The maximum absolute atomic E-state index is 13.0. The largest absolute Gasteiger partial charge is 0.394 e. The van der Waals surface area contributed by atoms with Crippen LogP contribution in [-0.4, -0.2) is 87.5 Å². The lowest BCUT2D eigenvalue weighted by atomic mass is 9.99. The second-order valence-corrected chi connectivity index (χ2v) is 19.7. The minimum Gasteiger partial charge on any atom is -0.394 e. The molecule has 0 aliphatic carbocycles. The Labute approximate surface area is 423 Å². The highest BCUT2D eigenvalue weighted by Gasteiger charge is 2.44. The summed E-state index contributed by atoms with van der Waals surface area (Å²) >= 11 is 0. The summed E-state index contributed by atoms with van der Waals surface area (Å²) in [5.74, 6) is -0.211. The van der Waals surface area contributed by atoms with Gasteiger partial charge in [0.1, 0.15) is 24.4 Å². The van der Waals surface area contributed by atoms with Gasteiger partial charge in [0.25, 0.3) is 0 Å². The Balaban J connectivity index is 2.24. The molecule has 7 atom stereocenters. The predicted octanol–water partition coefficient (Wildman–Crippen LogP) is 14.1. The van der Waals surface area contributed by atoms with E-state index in [0.29, 0.717) is 6.42 Å². The van der Waals surface area contributed by atoms with Crippen molar-refractivity contribution in [3.8, 4) is 0 Å². The topological polar surface area (TPSA) is 149 Å². The molecule has 0 aromatic carbocycles. The van der Waals surface area contributed by atoms with E-state index >= 15 is 0 Å². The molecule has 1 aliphatic heterocycles. The summed E-state index contributed by atoms with van der Waals surface area (Å²) < 4.78 is 11.2. The molecule has 0 saturated carbocycles. The van der Waals surface area contributed by atoms with E-state index in [9.17, 15) is 30.3 Å². The van der Waals surface area contributed by atoms with Crippen LogP contribution in [0.15, 0.2) is 72.9 Å². The van der Waals surface area contributed by atoms with E-state index < -0.39 is 49.5 Å². The number of allylic oxidation sites excluding steroid dienone is 11. The third-order valence-corrected chi connectivity index (χ3v) is 13.3. The molecule has 1 heterocycles. The van der Waals surface area contributed by atoms with E-state index in [4.69, 9.17) is 9.47 Å². The van der Waals surface area contributed by atoms with Gasteiger partial charge in [-0.05, 0) is 70.6 Å². The number of hydrogen-bond donors (Lipinski definition) is 6. The molecule has 9 nitrogen and oxygen atoms in total. The number of carbonyl (C=O) groups is 1. The fourth-order valence-corrected chi connectivity index (χ4v) is 8.75. The van der Waals surface area contributed by atoms with Gasteiger partial charge >= 0.3 is 0 Å². The predicted molar refractivity (Wildman–Crippen MR) is 290 cm³/mol. The van der Waals surface area contributed by atoms with E-state index in [1.54, 1.807) is 6.08 Å². The maximum Gasteiger partial charge on any atom is 0.220 e. The van der Waals surface area contributed by atoms with Gasteiger partial charge in [0.2, 0.25) is 5.91 Å². The number of rotatable bonds is 48. The molecule has 0 aromatic rings. The first-order valence-electron chi connectivity index (χ1n) is 28.7. The molecule has 400 valence electrons. The highest BCUT2D eigenvalue weighted by Crippen LogP contribution is 2.23. The Morgan fingerprint density at radius 2 is 0.913 bits per heavy atom. The van der Waals surface area contributed by atoms with Crippen LogP contribution >= 0.6 is 0 Å². The molecule has 7 unspecified atom stereocenters. The van der Waals surface area contributed by atoms with Crippen molar-refractivity contribution in [1.82, 2.24) is 5.32 Å². The lowest BCUT2D eigenvalue weighted by Gasteiger charge is -2.40. The zero-order valence-corrected chi connectivity index (χ0v) is 44.3. The van der Waals surface area contributed by atoms with Crippen LogP contribution in [0.25, 0.3) is 0 Å². The van der Waals surface area contributed by atoms with Crippen molar-refractivity contribution >= 4 is 5.91 Å². The molecule has 9 heteroatoms. The van der Waals surface area contributed by atoms with Crippen LogP contribution in [0.2, 0.25) is 0 Å². The van der Waals surface area contributed by atoms with Crippen molar-refractivity contribution in [3.63, 3.8) is 0 Å². The number of ether oxygens (including phenoxy) is 2. The molecule has 1 saturated heterocycles. The summed E-state index contributed by atoms with van der Waals surface area (Å²) in [6, 6.07) is -0.839. The molecule has 1 rings (SSSR count). The Hall–Kier alpha value is -2.37. The van der Waals surface area contributed by atoms with Crippen molar-refractivity contribution in [2.45, 2.75) is 288 Å². The first-order chi connectivity index (χ1) is 33.8. The molecule has 69 heavy (non-hydrogen) atoms. The maximum atomic E-state index is 13.0. The Morgan fingerprint density at radius 3 is 1.39 bits per heavy atom. The molecule has 0 radical (unpaired) electrons. The van der Waals surface area contributed by atoms with Crippen LogP contribution in [0.3, 0.4) is 0 Å². The lowest BCUT2D eigenvalue weighted by molar-refractivity contribution is -0.302. The van der Waals surface area contributed by atoms with Crippen molar-refractivity contribution < 1.29 is 39.8 Å². The minimum atomic E-state index is -1.58. The number of aliphatic hydroxyl groups excluding tert-OH is 5. The van der Waals surface area contributed by atoms with Crippen LogP contribution in [0.5, 0.6) is 0 Å². The molecular weight excluding hydrogens is 863 g/mol. The van der Waals surface area contributed by atoms with Crippen molar-refractivity contribution in [1.29, 1.82) is 0 Å². The monoisotopic (exact) mass is 970 g/mol. The van der Waals surface area contributed by atoms with Crippen LogP contribution in [-0.2, 0) is 14.3 Å². The fraction of sp³-hybridized carbons (Fsp3) is 0.783. The third-order valence-electron chi connectivity index (χ3n) is 13.3. The average molecular weight is 971 g/mol. The number of aliphatic hydroxyl groups is 5. The van der Waals surface area contributed by atoms with Crippen molar-refractivity contribution in [3.05, 3.63) is 72.9 Å².